The van der Waals surface area contributed by atoms with E-state index in [4.69, 9.17) is 10.5 Å². The van der Waals surface area contributed by atoms with Crippen LogP contribution in [0.2, 0.25) is 0 Å². The van der Waals surface area contributed by atoms with Gasteiger partial charge in [-0.3, -0.25) is 4.79 Å². The zero-order chi connectivity index (χ0) is 15.4. The molecule has 0 aliphatic carbocycles. The number of rotatable bonds is 5. The van der Waals surface area contributed by atoms with Crippen molar-refractivity contribution in [2.45, 2.75) is 26.9 Å². The van der Waals surface area contributed by atoms with Gasteiger partial charge in [0.25, 0.3) is 0 Å². The maximum absolute atomic E-state index is 11.2. The Morgan fingerprint density at radius 1 is 1.29 bits per heavy atom. The van der Waals surface area contributed by atoms with Crippen LogP contribution in [0.1, 0.15) is 22.4 Å². The summed E-state index contributed by atoms with van der Waals surface area (Å²) < 4.78 is 6.54. The summed E-state index contributed by atoms with van der Waals surface area (Å²) in [5.41, 5.74) is 8.81. The van der Waals surface area contributed by atoms with Crippen LogP contribution in [0.4, 0.5) is 0 Å². The van der Waals surface area contributed by atoms with Gasteiger partial charge >= 0.3 is 0 Å². The lowest BCUT2D eigenvalue weighted by atomic mass is 10.1. The molecule has 1 aromatic heterocycles. The van der Waals surface area contributed by atoms with E-state index >= 15 is 0 Å². The Labute approximate surface area is 132 Å². The molecule has 0 saturated carbocycles. The van der Waals surface area contributed by atoms with E-state index in [9.17, 15) is 4.79 Å². The lowest BCUT2D eigenvalue weighted by Crippen LogP contribution is -2.16. The van der Waals surface area contributed by atoms with Crippen LogP contribution >= 0.6 is 15.9 Å². The third kappa shape index (κ3) is 3.82. The van der Waals surface area contributed by atoms with Crippen LogP contribution in [0.15, 0.2) is 34.9 Å². The molecule has 0 bridgehead atoms. The van der Waals surface area contributed by atoms with Gasteiger partial charge in [0, 0.05) is 5.56 Å². The molecule has 1 amide bonds. The maximum atomic E-state index is 11.2. The van der Waals surface area contributed by atoms with Crippen LogP contribution in [0.5, 0.6) is 5.75 Å². The molecule has 0 unspecified atom stereocenters. The molecule has 0 fully saturated rings. The standard InChI is InChI=1S/C16H17BrN2O2/c1-10-13(8-14(18)20)16(17)19-11(2)15(10)21-9-12-6-4-3-5-7-12/h3-7H,8-9H2,1-2H3,(H2,18,20). The van der Waals surface area contributed by atoms with Crippen LogP contribution in [0, 0.1) is 13.8 Å². The van der Waals surface area contributed by atoms with Gasteiger partial charge in [-0.05, 0) is 40.9 Å². The largest absolute Gasteiger partial charge is 0.487 e. The summed E-state index contributed by atoms with van der Waals surface area (Å²) in [6.45, 7) is 4.26. The number of carbonyl (C=O) groups excluding carboxylic acids is 1. The van der Waals surface area contributed by atoms with Crippen LogP contribution < -0.4 is 10.5 Å². The first-order valence-corrected chi connectivity index (χ1v) is 7.39. The summed E-state index contributed by atoms with van der Waals surface area (Å²) in [5, 5.41) is 0. The number of aromatic nitrogens is 1. The van der Waals surface area contributed by atoms with Crippen molar-refractivity contribution in [2.24, 2.45) is 5.73 Å². The van der Waals surface area contributed by atoms with E-state index in [0.717, 1.165) is 22.4 Å². The molecular weight excluding hydrogens is 332 g/mol. The van der Waals surface area contributed by atoms with Gasteiger partial charge in [-0.15, -0.1) is 0 Å². The Hall–Kier alpha value is -1.88. The Bertz CT molecular complexity index is 657. The van der Waals surface area contributed by atoms with Gasteiger partial charge < -0.3 is 10.5 Å². The summed E-state index contributed by atoms with van der Waals surface area (Å²) in [6.07, 6.45) is 0.140. The first kappa shape index (κ1) is 15.5. The monoisotopic (exact) mass is 348 g/mol. The van der Waals surface area contributed by atoms with Crippen LogP contribution in [-0.4, -0.2) is 10.9 Å². The first-order chi connectivity index (χ1) is 9.99. The second kappa shape index (κ2) is 6.72. The smallest absolute Gasteiger partial charge is 0.221 e. The molecule has 0 saturated heterocycles. The highest BCUT2D eigenvalue weighted by molar-refractivity contribution is 9.10. The molecule has 21 heavy (non-hydrogen) atoms. The number of halogens is 1. The molecule has 4 nitrogen and oxygen atoms in total. The van der Waals surface area contributed by atoms with Gasteiger partial charge in [0.1, 0.15) is 17.0 Å². The molecule has 2 aromatic rings. The Kier molecular flexibility index (Phi) is 4.96. The normalized spacial score (nSPS) is 10.4. The number of pyridine rings is 1. The number of benzene rings is 1. The van der Waals surface area contributed by atoms with Gasteiger partial charge in [-0.1, -0.05) is 30.3 Å². The molecule has 5 heteroatoms. The zero-order valence-electron chi connectivity index (χ0n) is 12.0. The first-order valence-electron chi connectivity index (χ1n) is 6.59. The van der Waals surface area contributed by atoms with Crippen molar-refractivity contribution in [3.05, 3.63) is 57.3 Å². The summed E-state index contributed by atoms with van der Waals surface area (Å²) >= 11 is 3.38. The van der Waals surface area contributed by atoms with E-state index in [1.54, 1.807) is 0 Å². The number of aryl methyl sites for hydroxylation is 1. The van der Waals surface area contributed by atoms with Crippen molar-refractivity contribution in [3.8, 4) is 5.75 Å². The van der Waals surface area contributed by atoms with Crippen molar-refractivity contribution in [1.82, 2.24) is 4.98 Å². The number of primary amides is 1. The van der Waals surface area contributed by atoms with Gasteiger partial charge in [-0.2, -0.15) is 0 Å². The number of nitrogens with zero attached hydrogens (tertiary/aromatic N) is 1. The minimum atomic E-state index is -0.390. The number of carbonyl (C=O) groups is 1. The summed E-state index contributed by atoms with van der Waals surface area (Å²) in [6, 6.07) is 9.90. The Balaban J connectivity index is 2.28. The fourth-order valence-corrected chi connectivity index (χ4v) is 2.85. The van der Waals surface area contributed by atoms with Crippen molar-refractivity contribution in [2.75, 3.05) is 0 Å². The fourth-order valence-electron chi connectivity index (χ4n) is 2.15. The molecular formula is C16H17BrN2O2. The van der Waals surface area contributed by atoms with Gasteiger partial charge in [0.05, 0.1) is 12.1 Å². The van der Waals surface area contributed by atoms with Gasteiger partial charge in [-0.25, -0.2) is 4.98 Å². The maximum Gasteiger partial charge on any atom is 0.221 e. The predicted octanol–water partition coefficient (Wildman–Crippen LogP) is 3.07. The average Bonchev–Trinajstić information content (AvgIpc) is 2.44. The minimum absolute atomic E-state index is 0.140. The zero-order valence-corrected chi connectivity index (χ0v) is 13.6. The second-order valence-electron chi connectivity index (χ2n) is 4.84. The molecule has 0 aliphatic heterocycles. The molecule has 0 aliphatic rings. The van der Waals surface area contributed by atoms with Crippen LogP contribution in [0.25, 0.3) is 0 Å². The Morgan fingerprint density at radius 2 is 1.95 bits per heavy atom. The fraction of sp³-hybridized carbons (Fsp3) is 0.250. The highest BCUT2D eigenvalue weighted by Crippen LogP contribution is 2.30. The number of hydrogen-bond acceptors (Lipinski definition) is 3. The van der Waals surface area contributed by atoms with E-state index < -0.39 is 5.91 Å². The van der Waals surface area contributed by atoms with Crippen molar-refractivity contribution in [1.29, 1.82) is 0 Å². The van der Waals surface area contributed by atoms with E-state index in [2.05, 4.69) is 20.9 Å². The number of amides is 1. The third-order valence-electron chi connectivity index (χ3n) is 3.21. The second-order valence-corrected chi connectivity index (χ2v) is 5.59. The van der Waals surface area contributed by atoms with Gasteiger partial charge in [0.2, 0.25) is 5.91 Å². The summed E-state index contributed by atoms with van der Waals surface area (Å²) in [7, 11) is 0. The molecule has 2 N–H and O–H groups in total. The molecule has 0 radical (unpaired) electrons. The van der Waals surface area contributed by atoms with E-state index in [0.29, 0.717) is 17.0 Å². The van der Waals surface area contributed by atoms with Gasteiger partial charge in [0.15, 0.2) is 0 Å². The number of hydrogen-bond donors (Lipinski definition) is 1. The number of ether oxygens (including phenoxy) is 1. The summed E-state index contributed by atoms with van der Waals surface area (Å²) in [4.78, 5) is 15.6. The molecule has 0 atom stereocenters. The topological polar surface area (TPSA) is 65.2 Å². The minimum Gasteiger partial charge on any atom is -0.487 e. The molecule has 1 heterocycles. The molecule has 110 valence electrons. The quantitative estimate of drug-likeness (QED) is 0.844. The SMILES string of the molecule is Cc1nc(Br)c(CC(N)=O)c(C)c1OCc1ccccc1. The lowest BCUT2D eigenvalue weighted by molar-refractivity contribution is -0.117. The highest BCUT2D eigenvalue weighted by atomic mass is 79.9. The van der Waals surface area contributed by atoms with Crippen molar-refractivity contribution < 1.29 is 9.53 Å². The van der Waals surface area contributed by atoms with Crippen LogP contribution in [-0.2, 0) is 17.8 Å². The van der Waals surface area contributed by atoms with Crippen molar-refractivity contribution >= 4 is 21.8 Å². The lowest BCUT2D eigenvalue weighted by Gasteiger charge is -2.16. The molecule has 0 spiro atoms. The number of nitrogens with two attached hydrogens (primary N) is 1. The highest BCUT2D eigenvalue weighted by Gasteiger charge is 2.16. The predicted molar refractivity (Wildman–Crippen MR) is 85.1 cm³/mol. The van der Waals surface area contributed by atoms with E-state index in [1.165, 1.54) is 0 Å². The van der Waals surface area contributed by atoms with Crippen molar-refractivity contribution in [3.63, 3.8) is 0 Å². The Morgan fingerprint density at radius 3 is 2.57 bits per heavy atom. The third-order valence-corrected chi connectivity index (χ3v) is 3.87. The van der Waals surface area contributed by atoms with E-state index in [1.807, 2.05) is 44.2 Å². The van der Waals surface area contributed by atoms with Crippen LogP contribution in [0.3, 0.4) is 0 Å². The molecule has 2 rings (SSSR count). The summed E-state index contributed by atoms with van der Waals surface area (Å²) in [5.74, 6) is 0.316. The molecule has 1 aromatic carbocycles. The van der Waals surface area contributed by atoms with E-state index in [-0.39, 0.29) is 6.42 Å². The average molecular weight is 349 g/mol.